The molecule has 5 heteroatoms. The van der Waals surface area contributed by atoms with Crippen molar-refractivity contribution in [3.05, 3.63) is 28.2 Å². The Morgan fingerprint density at radius 3 is 2.85 bits per heavy atom. The summed E-state index contributed by atoms with van der Waals surface area (Å²) in [5.74, 6) is -0.621. The van der Waals surface area contributed by atoms with Gasteiger partial charge in [-0.15, -0.1) is 0 Å². The number of hydrogen-bond donors (Lipinski definition) is 1. The average molecular weight is 181 g/mol. The minimum atomic E-state index is -0.621. The van der Waals surface area contributed by atoms with Crippen LogP contribution in [-0.2, 0) is 6.54 Å². The largest absolute Gasteiger partial charge is 0.364 e. The summed E-state index contributed by atoms with van der Waals surface area (Å²) in [6, 6.07) is 2.62. The van der Waals surface area contributed by atoms with Crippen LogP contribution in [0.4, 0.5) is 0 Å². The van der Waals surface area contributed by atoms with E-state index in [1.807, 2.05) is 6.92 Å². The highest BCUT2D eigenvalue weighted by Gasteiger charge is 2.03. The third-order valence-corrected chi connectivity index (χ3v) is 1.55. The maximum absolute atomic E-state index is 11.1. The third kappa shape index (κ3) is 2.14. The van der Waals surface area contributed by atoms with E-state index < -0.39 is 5.91 Å². The Morgan fingerprint density at radius 2 is 2.31 bits per heavy atom. The lowest BCUT2D eigenvalue weighted by Crippen LogP contribution is -2.26. The fraction of sp³-hybridized carbons (Fsp3) is 0.375. The number of aromatic nitrogens is 2. The molecule has 0 aromatic carbocycles. The Balaban J connectivity index is 3.11. The summed E-state index contributed by atoms with van der Waals surface area (Å²) in [7, 11) is 0. The second-order valence-corrected chi connectivity index (χ2v) is 2.64. The summed E-state index contributed by atoms with van der Waals surface area (Å²) >= 11 is 0. The molecule has 1 aromatic heterocycles. The van der Waals surface area contributed by atoms with Gasteiger partial charge in [0.15, 0.2) is 0 Å². The van der Waals surface area contributed by atoms with Crippen LogP contribution in [0.1, 0.15) is 23.8 Å². The van der Waals surface area contributed by atoms with E-state index in [1.165, 1.54) is 16.8 Å². The number of nitrogens with zero attached hydrogens (tertiary/aromatic N) is 2. The van der Waals surface area contributed by atoms with Gasteiger partial charge in [0.2, 0.25) is 0 Å². The Hall–Kier alpha value is -1.65. The van der Waals surface area contributed by atoms with E-state index in [1.54, 1.807) is 0 Å². The van der Waals surface area contributed by atoms with Crippen LogP contribution >= 0.6 is 0 Å². The number of hydrogen-bond acceptors (Lipinski definition) is 3. The predicted octanol–water partition coefficient (Wildman–Crippen LogP) is -0.248. The van der Waals surface area contributed by atoms with Gasteiger partial charge >= 0.3 is 0 Å². The van der Waals surface area contributed by atoms with Crippen molar-refractivity contribution in [2.45, 2.75) is 19.9 Å². The zero-order valence-electron chi connectivity index (χ0n) is 7.36. The zero-order valence-corrected chi connectivity index (χ0v) is 7.36. The van der Waals surface area contributed by atoms with E-state index >= 15 is 0 Å². The molecule has 70 valence electrons. The van der Waals surface area contributed by atoms with Gasteiger partial charge in [0.25, 0.3) is 11.5 Å². The first kappa shape index (κ1) is 9.44. The first-order chi connectivity index (χ1) is 6.15. The number of carbonyl (C=O) groups excluding carboxylic acids is 1. The molecule has 0 fully saturated rings. The number of nitrogens with two attached hydrogens (primary N) is 1. The summed E-state index contributed by atoms with van der Waals surface area (Å²) in [5, 5.41) is 3.79. The molecule has 0 spiro atoms. The quantitative estimate of drug-likeness (QED) is 0.698. The molecule has 13 heavy (non-hydrogen) atoms. The van der Waals surface area contributed by atoms with Crippen LogP contribution in [0.5, 0.6) is 0 Å². The number of carbonyl (C=O) groups is 1. The molecule has 2 N–H and O–H groups in total. The van der Waals surface area contributed by atoms with Crippen LogP contribution in [0, 0.1) is 0 Å². The molecule has 1 rings (SSSR count). The highest BCUT2D eigenvalue weighted by Crippen LogP contribution is 1.89. The molecule has 0 aliphatic heterocycles. The van der Waals surface area contributed by atoms with Crippen molar-refractivity contribution in [2.24, 2.45) is 5.73 Å². The SMILES string of the molecule is CCCn1nc(C(N)=O)ccc1=O. The molecule has 0 saturated carbocycles. The standard InChI is InChI=1S/C8H11N3O2/c1-2-5-11-7(12)4-3-6(10-11)8(9)13/h3-4H,2,5H2,1H3,(H2,9,13). The number of amides is 1. The predicted molar refractivity (Wildman–Crippen MR) is 47.3 cm³/mol. The molecular formula is C8H11N3O2. The normalized spacial score (nSPS) is 9.92. The van der Waals surface area contributed by atoms with Crippen LogP contribution in [0.15, 0.2) is 16.9 Å². The summed E-state index contributed by atoms with van der Waals surface area (Å²) in [4.78, 5) is 21.8. The summed E-state index contributed by atoms with van der Waals surface area (Å²) in [6.45, 7) is 2.42. The summed E-state index contributed by atoms with van der Waals surface area (Å²) in [5.41, 5.74) is 4.91. The summed E-state index contributed by atoms with van der Waals surface area (Å²) < 4.78 is 1.24. The fourth-order valence-electron chi connectivity index (χ4n) is 0.952. The van der Waals surface area contributed by atoms with Gasteiger partial charge in [0, 0.05) is 12.6 Å². The van der Waals surface area contributed by atoms with Gasteiger partial charge < -0.3 is 5.73 Å². The minimum absolute atomic E-state index is 0.119. The van der Waals surface area contributed by atoms with E-state index in [0.29, 0.717) is 6.54 Å². The molecular weight excluding hydrogens is 170 g/mol. The molecule has 5 nitrogen and oxygen atoms in total. The van der Waals surface area contributed by atoms with Crippen molar-refractivity contribution in [3.63, 3.8) is 0 Å². The van der Waals surface area contributed by atoms with E-state index in [9.17, 15) is 9.59 Å². The Morgan fingerprint density at radius 1 is 1.62 bits per heavy atom. The number of rotatable bonds is 3. The number of primary amides is 1. The van der Waals surface area contributed by atoms with E-state index in [2.05, 4.69) is 5.10 Å². The lowest BCUT2D eigenvalue weighted by Gasteiger charge is -2.02. The molecule has 0 atom stereocenters. The van der Waals surface area contributed by atoms with Gasteiger partial charge in [-0.3, -0.25) is 9.59 Å². The molecule has 0 bridgehead atoms. The third-order valence-electron chi connectivity index (χ3n) is 1.55. The minimum Gasteiger partial charge on any atom is -0.364 e. The van der Waals surface area contributed by atoms with Gasteiger partial charge in [-0.25, -0.2) is 4.68 Å². The zero-order chi connectivity index (χ0) is 9.84. The van der Waals surface area contributed by atoms with Crippen molar-refractivity contribution >= 4 is 5.91 Å². The molecule has 0 unspecified atom stereocenters. The summed E-state index contributed by atoms with van der Waals surface area (Å²) in [6.07, 6.45) is 0.787. The Kier molecular flexibility index (Phi) is 2.79. The van der Waals surface area contributed by atoms with Gasteiger partial charge in [0.05, 0.1) is 0 Å². The molecule has 0 saturated heterocycles. The lowest BCUT2D eigenvalue weighted by molar-refractivity contribution is 0.0993. The molecule has 0 aliphatic rings. The monoisotopic (exact) mass is 181 g/mol. The van der Waals surface area contributed by atoms with Crippen molar-refractivity contribution < 1.29 is 4.79 Å². The highest BCUT2D eigenvalue weighted by molar-refractivity contribution is 5.90. The van der Waals surface area contributed by atoms with Crippen molar-refractivity contribution in [3.8, 4) is 0 Å². The van der Waals surface area contributed by atoms with Gasteiger partial charge in [-0.1, -0.05) is 6.92 Å². The second-order valence-electron chi connectivity index (χ2n) is 2.64. The molecule has 0 aliphatic carbocycles. The Labute approximate surface area is 75.2 Å². The topological polar surface area (TPSA) is 78.0 Å². The van der Waals surface area contributed by atoms with Crippen molar-refractivity contribution in [1.82, 2.24) is 9.78 Å². The smallest absolute Gasteiger partial charge is 0.269 e. The van der Waals surface area contributed by atoms with Gasteiger partial charge in [0.1, 0.15) is 5.69 Å². The number of aryl methyl sites for hydroxylation is 1. The Bertz CT molecular complexity index is 370. The van der Waals surface area contributed by atoms with Crippen LogP contribution in [-0.4, -0.2) is 15.7 Å². The maximum atomic E-state index is 11.1. The van der Waals surface area contributed by atoms with E-state index in [-0.39, 0.29) is 11.3 Å². The van der Waals surface area contributed by atoms with Crippen LogP contribution < -0.4 is 11.3 Å². The first-order valence-electron chi connectivity index (χ1n) is 4.03. The fourth-order valence-corrected chi connectivity index (χ4v) is 0.952. The first-order valence-corrected chi connectivity index (χ1v) is 4.03. The van der Waals surface area contributed by atoms with E-state index in [4.69, 9.17) is 5.73 Å². The van der Waals surface area contributed by atoms with Crippen molar-refractivity contribution in [2.75, 3.05) is 0 Å². The molecule has 1 amide bonds. The van der Waals surface area contributed by atoms with Crippen molar-refractivity contribution in [1.29, 1.82) is 0 Å². The molecule has 1 heterocycles. The average Bonchev–Trinajstić information content (AvgIpc) is 2.08. The van der Waals surface area contributed by atoms with Crippen LogP contribution in [0.2, 0.25) is 0 Å². The maximum Gasteiger partial charge on any atom is 0.269 e. The van der Waals surface area contributed by atoms with Gasteiger partial charge in [-0.2, -0.15) is 5.10 Å². The van der Waals surface area contributed by atoms with Crippen LogP contribution in [0.25, 0.3) is 0 Å². The van der Waals surface area contributed by atoms with Gasteiger partial charge in [-0.05, 0) is 12.5 Å². The molecule has 0 radical (unpaired) electrons. The highest BCUT2D eigenvalue weighted by atomic mass is 16.1. The second kappa shape index (κ2) is 3.84. The van der Waals surface area contributed by atoms with E-state index in [0.717, 1.165) is 6.42 Å². The molecule has 1 aromatic rings. The lowest BCUT2D eigenvalue weighted by atomic mass is 10.4. The van der Waals surface area contributed by atoms with Crippen LogP contribution in [0.3, 0.4) is 0 Å².